The molecule has 90 valence electrons. The fourth-order valence-corrected chi connectivity index (χ4v) is 2.47. The predicted molar refractivity (Wildman–Crippen MR) is 70.1 cm³/mol. The van der Waals surface area contributed by atoms with Gasteiger partial charge in [-0.1, -0.05) is 46.8 Å². The number of ether oxygens (including phenoxy) is 1. The topological polar surface area (TPSA) is 9.23 Å². The van der Waals surface area contributed by atoms with Crippen molar-refractivity contribution >= 4 is 0 Å². The van der Waals surface area contributed by atoms with Crippen molar-refractivity contribution < 1.29 is 4.74 Å². The van der Waals surface area contributed by atoms with Crippen molar-refractivity contribution in [2.24, 2.45) is 5.41 Å². The summed E-state index contributed by atoms with van der Waals surface area (Å²) in [6.07, 6.45) is 1.17. The SMILES string of the molecule is COc1ccc(C(C)(C)CC(C)(C)C)cc1. The van der Waals surface area contributed by atoms with E-state index < -0.39 is 0 Å². The van der Waals surface area contributed by atoms with Gasteiger partial charge in [-0.05, 0) is 34.9 Å². The third kappa shape index (κ3) is 3.55. The molecule has 0 saturated carbocycles. The third-order valence-corrected chi connectivity index (χ3v) is 2.84. The first kappa shape index (κ1) is 13.1. The monoisotopic (exact) mass is 220 g/mol. The van der Waals surface area contributed by atoms with Crippen LogP contribution in [0, 0.1) is 5.41 Å². The second kappa shape index (κ2) is 4.48. The Morgan fingerprint density at radius 1 is 0.938 bits per heavy atom. The van der Waals surface area contributed by atoms with Crippen LogP contribution in [0.1, 0.15) is 46.6 Å². The van der Waals surface area contributed by atoms with Gasteiger partial charge in [-0.3, -0.25) is 0 Å². The van der Waals surface area contributed by atoms with Gasteiger partial charge in [0.1, 0.15) is 5.75 Å². The molecular formula is C15H24O. The highest BCUT2D eigenvalue weighted by Gasteiger charge is 2.26. The Bertz CT molecular complexity index is 327. The average molecular weight is 220 g/mol. The van der Waals surface area contributed by atoms with Crippen molar-refractivity contribution in [3.63, 3.8) is 0 Å². The van der Waals surface area contributed by atoms with Crippen molar-refractivity contribution in [1.82, 2.24) is 0 Å². The van der Waals surface area contributed by atoms with E-state index in [4.69, 9.17) is 4.74 Å². The van der Waals surface area contributed by atoms with Gasteiger partial charge in [0.15, 0.2) is 0 Å². The van der Waals surface area contributed by atoms with Crippen LogP contribution in [0.2, 0.25) is 0 Å². The van der Waals surface area contributed by atoms with Crippen molar-refractivity contribution in [1.29, 1.82) is 0 Å². The second-order valence-corrected chi connectivity index (χ2v) is 6.35. The molecule has 0 radical (unpaired) electrons. The largest absolute Gasteiger partial charge is 0.497 e. The Balaban J connectivity index is 2.89. The maximum atomic E-state index is 5.18. The lowest BCUT2D eigenvalue weighted by Gasteiger charge is -2.33. The normalized spacial score (nSPS) is 12.6. The van der Waals surface area contributed by atoms with Crippen LogP contribution in [0.4, 0.5) is 0 Å². The molecule has 0 unspecified atom stereocenters. The highest BCUT2D eigenvalue weighted by Crippen LogP contribution is 2.36. The zero-order valence-electron chi connectivity index (χ0n) is 11.4. The highest BCUT2D eigenvalue weighted by molar-refractivity contribution is 5.31. The van der Waals surface area contributed by atoms with Crippen LogP contribution in [0.25, 0.3) is 0 Å². The van der Waals surface area contributed by atoms with E-state index in [0.29, 0.717) is 5.41 Å². The maximum Gasteiger partial charge on any atom is 0.118 e. The van der Waals surface area contributed by atoms with E-state index in [2.05, 4.69) is 46.8 Å². The van der Waals surface area contributed by atoms with Crippen LogP contribution >= 0.6 is 0 Å². The van der Waals surface area contributed by atoms with Crippen LogP contribution < -0.4 is 4.74 Å². The number of rotatable bonds is 3. The van der Waals surface area contributed by atoms with Gasteiger partial charge in [0.05, 0.1) is 7.11 Å². The van der Waals surface area contributed by atoms with Gasteiger partial charge in [0.2, 0.25) is 0 Å². The molecule has 0 fully saturated rings. The Hall–Kier alpha value is -0.980. The molecular weight excluding hydrogens is 196 g/mol. The van der Waals surface area contributed by atoms with Crippen molar-refractivity contribution in [2.45, 2.75) is 46.5 Å². The summed E-state index contributed by atoms with van der Waals surface area (Å²) in [5, 5.41) is 0. The van der Waals surface area contributed by atoms with Crippen molar-refractivity contribution in [3.05, 3.63) is 29.8 Å². The zero-order chi connectivity index (χ0) is 12.4. The first-order valence-corrected chi connectivity index (χ1v) is 5.89. The fourth-order valence-electron chi connectivity index (χ4n) is 2.47. The quantitative estimate of drug-likeness (QED) is 0.733. The van der Waals surface area contributed by atoms with Gasteiger partial charge in [0.25, 0.3) is 0 Å². The van der Waals surface area contributed by atoms with Gasteiger partial charge < -0.3 is 4.74 Å². The van der Waals surface area contributed by atoms with E-state index in [1.165, 1.54) is 12.0 Å². The molecule has 1 heteroatoms. The average Bonchev–Trinajstić information content (AvgIpc) is 2.14. The first-order valence-electron chi connectivity index (χ1n) is 5.89. The molecule has 0 N–H and O–H groups in total. The molecule has 0 aliphatic carbocycles. The fraction of sp³-hybridized carbons (Fsp3) is 0.600. The van der Waals surface area contributed by atoms with Crippen LogP contribution in [-0.4, -0.2) is 7.11 Å². The van der Waals surface area contributed by atoms with Gasteiger partial charge in [-0.15, -0.1) is 0 Å². The van der Waals surface area contributed by atoms with Crippen LogP contribution in [0.3, 0.4) is 0 Å². The summed E-state index contributed by atoms with van der Waals surface area (Å²) < 4.78 is 5.18. The lowest BCUT2D eigenvalue weighted by atomic mass is 9.72. The molecule has 1 nitrogen and oxygen atoms in total. The Labute approximate surface area is 99.8 Å². The summed E-state index contributed by atoms with van der Waals surface area (Å²) in [7, 11) is 1.70. The van der Waals surface area contributed by atoms with Crippen LogP contribution in [-0.2, 0) is 5.41 Å². The van der Waals surface area contributed by atoms with E-state index in [1.807, 2.05) is 12.1 Å². The maximum absolute atomic E-state index is 5.18. The summed E-state index contributed by atoms with van der Waals surface area (Å²) in [6.45, 7) is 11.5. The minimum Gasteiger partial charge on any atom is -0.497 e. The van der Waals surface area contributed by atoms with Gasteiger partial charge in [0, 0.05) is 0 Å². The van der Waals surface area contributed by atoms with E-state index in [9.17, 15) is 0 Å². The van der Waals surface area contributed by atoms with Crippen molar-refractivity contribution in [3.8, 4) is 5.75 Å². The summed E-state index contributed by atoms with van der Waals surface area (Å²) in [5.41, 5.74) is 1.94. The van der Waals surface area contributed by atoms with Gasteiger partial charge >= 0.3 is 0 Å². The van der Waals surface area contributed by atoms with Crippen LogP contribution in [0.5, 0.6) is 5.75 Å². The number of methoxy groups -OCH3 is 1. The molecule has 0 aliphatic rings. The molecule has 1 aromatic carbocycles. The van der Waals surface area contributed by atoms with E-state index in [1.54, 1.807) is 7.11 Å². The Morgan fingerprint density at radius 2 is 1.44 bits per heavy atom. The smallest absolute Gasteiger partial charge is 0.118 e. The second-order valence-electron chi connectivity index (χ2n) is 6.35. The highest BCUT2D eigenvalue weighted by atomic mass is 16.5. The molecule has 0 bridgehead atoms. The van der Waals surface area contributed by atoms with Gasteiger partial charge in [-0.2, -0.15) is 0 Å². The van der Waals surface area contributed by atoms with E-state index >= 15 is 0 Å². The minimum absolute atomic E-state index is 0.213. The molecule has 16 heavy (non-hydrogen) atoms. The zero-order valence-corrected chi connectivity index (χ0v) is 11.4. The summed E-state index contributed by atoms with van der Waals surface area (Å²) >= 11 is 0. The molecule has 0 atom stereocenters. The summed E-state index contributed by atoms with van der Waals surface area (Å²) in [6, 6.07) is 8.43. The molecule has 0 aliphatic heterocycles. The molecule has 0 aromatic heterocycles. The molecule has 0 heterocycles. The number of hydrogen-bond acceptors (Lipinski definition) is 1. The Morgan fingerprint density at radius 3 is 1.81 bits per heavy atom. The van der Waals surface area contributed by atoms with E-state index in [0.717, 1.165) is 5.75 Å². The molecule has 0 spiro atoms. The molecule has 1 rings (SSSR count). The lowest BCUT2D eigenvalue weighted by Crippen LogP contribution is -2.24. The molecule has 0 saturated heterocycles. The minimum atomic E-state index is 0.213. The lowest BCUT2D eigenvalue weighted by molar-refractivity contribution is 0.284. The Kier molecular flexibility index (Phi) is 3.67. The third-order valence-electron chi connectivity index (χ3n) is 2.84. The summed E-state index contributed by atoms with van der Waals surface area (Å²) in [5.74, 6) is 0.926. The van der Waals surface area contributed by atoms with E-state index in [-0.39, 0.29) is 5.41 Å². The number of hydrogen-bond donors (Lipinski definition) is 0. The molecule has 0 amide bonds. The first-order chi connectivity index (χ1) is 7.24. The van der Waals surface area contributed by atoms with Gasteiger partial charge in [-0.25, -0.2) is 0 Å². The predicted octanol–water partition coefficient (Wildman–Crippen LogP) is 4.41. The van der Waals surface area contributed by atoms with Crippen molar-refractivity contribution in [2.75, 3.05) is 7.11 Å². The molecule has 1 aromatic rings. The summed E-state index contributed by atoms with van der Waals surface area (Å²) in [4.78, 5) is 0. The number of benzene rings is 1. The standard InChI is InChI=1S/C15H24O/c1-14(2,3)11-15(4,5)12-7-9-13(16-6)10-8-12/h7-10H,11H2,1-6H3. The van der Waals surface area contributed by atoms with Crippen LogP contribution in [0.15, 0.2) is 24.3 Å².